The zero-order chi connectivity index (χ0) is 13.0. The molecule has 3 nitrogen and oxygen atoms in total. The molecule has 1 aromatic carbocycles. The number of nitrogens with one attached hydrogen (secondary N) is 2. The number of rotatable bonds is 6. The second kappa shape index (κ2) is 6.21. The zero-order valence-corrected chi connectivity index (χ0v) is 11.3. The molecular weight excluding hydrogens is 248 g/mol. The van der Waals surface area contributed by atoms with Gasteiger partial charge < -0.3 is 10.6 Å². The number of carbonyl (C=O) groups is 1. The van der Waals surface area contributed by atoms with Gasteiger partial charge in [0, 0.05) is 30.1 Å². The summed E-state index contributed by atoms with van der Waals surface area (Å²) in [5.41, 5.74) is 1.14. The molecule has 1 unspecified atom stereocenters. The minimum absolute atomic E-state index is 0.142. The summed E-state index contributed by atoms with van der Waals surface area (Å²) in [5, 5.41) is 7.05. The Bertz CT molecular complexity index is 418. The lowest BCUT2D eigenvalue weighted by Gasteiger charge is -2.14. The Labute approximate surface area is 113 Å². The van der Waals surface area contributed by atoms with Gasteiger partial charge in [-0.3, -0.25) is 4.79 Å². The van der Waals surface area contributed by atoms with Crippen LogP contribution in [0.2, 0.25) is 5.02 Å². The summed E-state index contributed by atoms with van der Waals surface area (Å²) in [6, 6.07) is 8.44. The molecule has 2 N–H and O–H groups in total. The van der Waals surface area contributed by atoms with Crippen molar-refractivity contribution in [1.29, 1.82) is 0 Å². The van der Waals surface area contributed by atoms with Crippen LogP contribution < -0.4 is 10.6 Å². The van der Waals surface area contributed by atoms with E-state index in [1.807, 2.05) is 24.3 Å². The van der Waals surface area contributed by atoms with Gasteiger partial charge in [-0.05, 0) is 37.5 Å². The molecule has 0 saturated heterocycles. The van der Waals surface area contributed by atoms with Crippen LogP contribution in [-0.4, -0.2) is 18.5 Å². The van der Waals surface area contributed by atoms with Crippen LogP contribution in [0.15, 0.2) is 24.3 Å². The molecule has 0 aliphatic heterocycles. The van der Waals surface area contributed by atoms with Crippen molar-refractivity contribution >= 4 is 17.5 Å². The third-order valence-corrected chi connectivity index (χ3v) is 3.33. The van der Waals surface area contributed by atoms with Gasteiger partial charge in [-0.15, -0.1) is 0 Å². The Kier molecular flexibility index (Phi) is 4.61. The first kappa shape index (κ1) is 13.4. The molecule has 98 valence electrons. The van der Waals surface area contributed by atoms with Crippen molar-refractivity contribution in [2.24, 2.45) is 0 Å². The standard InChI is InChI=1S/C14H19ClN2O/c1-10(11-3-2-4-12(15)9-11)16-8-7-14(18)17-13-5-6-13/h2-4,9-10,13,16H,5-8H2,1H3,(H,17,18). The fourth-order valence-corrected chi connectivity index (χ4v) is 2.02. The normalized spacial score (nSPS) is 16.3. The summed E-state index contributed by atoms with van der Waals surface area (Å²) in [6.07, 6.45) is 2.80. The summed E-state index contributed by atoms with van der Waals surface area (Å²) in [5.74, 6) is 0.142. The SMILES string of the molecule is CC(NCCC(=O)NC1CC1)c1cccc(Cl)c1. The zero-order valence-electron chi connectivity index (χ0n) is 10.6. The highest BCUT2D eigenvalue weighted by molar-refractivity contribution is 6.30. The molecule has 0 bridgehead atoms. The van der Waals surface area contributed by atoms with Crippen molar-refractivity contribution in [3.63, 3.8) is 0 Å². The van der Waals surface area contributed by atoms with E-state index in [0.29, 0.717) is 19.0 Å². The molecule has 0 radical (unpaired) electrons. The molecule has 0 heterocycles. The minimum Gasteiger partial charge on any atom is -0.353 e. The molecule has 0 spiro atoms. The van der Waals surface area contributed by atoms with Gasteiger partial charge in [-0.25, -0.2) is 0 Å². The maximum absolute atomic E-state index is 11.5. The Morgan fingerprint density at radius 3 is 2.94 bits per heavy atom. The molecule has 1 aliphatic rings. The van der Waals surface area contributed by atoms with Crippen LogP contribution >= 0.6 is 11.6 Å². The molecule has 1 aliphatic carbocycles. The van der Waals surface area contributed by atoms with Gasteiger partial charge in [0.1, 0.15) is 0 Å². The Morgan fingerprint density at radius 1 is 1.50 bits per heavy atom. The van der Waals surface area contributed by atoms with Gasteiger partial charge in [-0.1, -0.05) is 23.7 Å². The monoisotopic (exact) mass is 266 g/mol. The van der Waals surface area contributed by atoms with Crippen LogP contribution in [0.25, 0.3) is 0 Å². The number of benzene rings is 1. The fraction of sp³-hybridized carbons (Fsp3) is 0.500. The lowest BCUT2D eigenvalue weighted by atomic mass is 10.1. The molecule has 1 saturated carbocycles. The number of hydrogen-bond donors (Lipinski definition) is 2. The van der Waals surface area contributed by atoms with E-state index >= 15 is 0 Å². The molecule has 4 heteroatoms. The molecule has 1 atom stereocenters. The lowest BCUT2D eigenvalue weighted by Crippen LogP contribution is -2.30. The first-order valence-corrected chi connectivity index (χ1v) is 6.81. The first-order chi connectivity index (χ1) is 8.65. The van der Waals surface area contributed by atoms with Gasteiger partial charge in [0.05, 0.1) is 0 Å². The maximum atomic E-state index is 11.5. The van der Waals surface area contributed by atoms with Gasteiger partial charge in [0.2, 0.25) is 5.91 Å². The van der Waals surface area contributed by atoms with Gasteiger partial charge >= 0.3 is 0 Å². The van der Waals surface area contributed by atoms with E-state index in [-0.39, 0.29) is 11.9 Å². The average molecular weight is 267 g/mol. The topological polar surface area (TPSA) is 41.1 Å². The van der Waals surface area contributed by atoms with Crippen LogP contribution in [0.1, 0.15) is 37.8 Å². The van der Waals surface area contributed by atoms with E-state index in [9.17, 15) is 4.79 Å². The van der Waals surface area contributed by atoms with Crippen molar-refractivity contribution in [3.05, 3.63) is 34.9 Å². The minimum atomic E-state index is 0.142. The van der Waals surface area contributed by atoms with Crippen LogP contribution in [0.5, 0.6) is 0 Å². The Morgan fingerprint density at radius 2 is 2.28 bits per heavy atom. The second-order valence-corrected chi connectivity index (χ2v) is 5.26. The smallest absolute Gasteiger partial charge is 0.221 e. The molecular formula is C14H19ClN2O. The van der Waals surface area contributed by atoms with Crippen molar-refractivity contribution < 1.29 is 4.79 Å². The highest BCUT2D eigenvalue weighted by Crippen LogP contribution is 2.19. The van der Waals surface area contributed by atoms with E-state index in [2.05, 4.69) is 17.6 Å². The van der Waals surface area contributed by atoms with Crippen molar-refractivity contribution in [3.8, 4) is 0 Å². The second-order valence-electron chi connectivity index (χ2n) is 4.82. The molecule has 1 aromatic rings. The number of carbonyl (C=O) groups excluding carboxylic acids is 1. The van der Waals surface area contributed by atoms with Crippen LogP contribution in [0.3, 0.4) is 0 Å². The van der Waals surface area contributed by atoms with Gasteiger partial charge in [0.15, 0.2) is 0 Å². The first-order valence-electron chi connectivity index (χ1n) is 6.43. The van der Waals surface area contributed by atoms with Crippen molar-refractivity contribution in [2.75, 3.05) is 6.54 Å². The molecule has 1 fully saturated rings. The van der Waals surface area contributed by atoms with Crippen LogP contribution in [0.4, 0.5) is 0 Å². The van der Waals surface area contributed by atoms with E-state index in [0.717, 1.165) is 23.4 Å². The third kappa shape index (κ3) is 4.31. The van der Waals surface area contributed by atoms with Gasteiger partial charge in [0.25, 0.3) is 0 Å². The third-order valence-electron chi connectivity index (χ3n) is 3.09. The van der Waals surface area contributed by atoms with E-state index < -0.39 is 0 Å². The van der Waals surface area contributed by atoms with Crippen LogP contribution in [0, 0.1) is 0 Å². The lowest BCUT2D eigenvalue weighted by molar-refractivity contribution is -0.121. The summed E-state index contributed by atoms with van der Waals surface area (Å²) >= 11 is 5.95. The number of halogens is 1. The summed E-state index contributed by atoms with van der Waals surface area (Å²) in [4.78, 5) is 11.5. The van der Waals surface area contributed by atoms with E-state index in [4.69, 9.17) is 11.6 Å². The van der Waals surface area contributed by atoms with Gasteiger partial charge in [-0.2, -0.15) is 0 Å². The summed E-state index contributed by atoms with van der Waals surface area (Å²) in [6.45, 7) is 2.76. The number of amides is 1. The fourth-order valence-electron chi connectivity index (χ4n) is 1.82. The van der Waals surface area contributed by atoms with Crippen LogP contribution in [-0.2, 0) is 4.79 Å². The molecule has 1 amide bonds. The van der Waals surface area contributed by atoms with Crippen molar-refractivity contribution in [2.45, 2.75) is 38.3 Å². The van der Waals surface area contributed by atoms with E-state index in [1.54, 1.807) is 0 Å². The molecule has 0 aromatic heterocycles. The Balaban J connectivity index is 1.70. The Hall–Kier alpha value is -1.06. The largest absolute Gasteiger partial charge is 0.353 e. The average Bonchev–Trinajstić information content (AvgIpc) is 3.12. The summed E-state index contributed by atoms with van der Waals surface area (Å²) in [7, 11) is 0. The quantitative estimate of drug-likeness (QED) is 0.831. The molecule has 18 heavy (non-hydrogen) atoms. The predicted octanol–water partition coefficient (Wildman–Crippen LogP) is 2.66. The highest BCUT2D eigenvalue weighted by atomic mass is 35.5. The predicted molar refractivity (Wildman–Crippen MR) is 73.7 cm³/mol. The highest BCUT2D eigenvalue weighted by Gasteiger charge is 2.22. The van der Waals surface area contributed by atoms with Crippen molar-refractivity contribution in [1.82, 2.24) is 10.6 Å². The van der Waals surface area contributed by atoms with E-state index in [1.165, 1.54) is 0 Å². The summed E-state index contributed by atoms with van der Waals surface area (Å²) < 4.78 is 0. The molecule has 2 rings (SSSR count). The maximum Gasteiger partial charge on any atom is 0.221 e. The number of hydrogen-bond acceptors (Lipinski definition) is 2.